The van der Waals surface area contributed by atoms with Gasteiger partial charge in [0.1, 0.15) is 5.82 Å². The summed E-state index contributed by atoms with van der Waals surface area (Å²) in [4.78, 5) is 27.0. The third-order valence-electron chi connectivity index (χ3n) is 5.20. The first-order valence-electron chi connectivity index (χ1n) is 9.05. The largest absolute Gasteiger partial charge is 0.352 e. The SMILES string of the molecule is O=C(NCc1ccc(F)cc1)C1CC1C(=O)N1CCCc2ccccc21. The summed E-state index contributed by atoms with van der Waals surface area (Å²) in [6.45, 7) is 1.07. The van der Waals surface area contributed by atoms with Crippen LogP contribution in [0.15, 0.2) is 48.5 Å². The van der Waals surface area contributed by atoms with E-state index in [4.69, 9.17) is 0 Å². The molecule has 26 heavy (non-hydrogen) atoms. The Balaban J connectivity index is 1.35. The zero-order valence-corrected chi connectivity index (χ0v) is 14.5. The Morgan fingerprint density at radius 1 is 1.08 bits per heavy atom. The van der Waals surface area contributed by atoms with Gasteiger partial charge in [0.05, 0.1) is 11.8 Å². The van der Waals surface area contributed by atoms with Crippen molar-refractivity contribution in [3.05, 3.63) is 65.5 Å². The summed E-state index contributed by atoms with van der Waals surface area (Å²) in [5.74, 6) is -0.821. The lowest BCUT2D eigenvalue weighted by atomic mass is 10.0. The third-order valence-corrected chi connectivity index (χ3v) is 5.20. The summed E-state index contributed by atoms with van der Waals surface area (Å²) in [5, 5.41) is 2.86. The van der Waals surface area contributed by atoms with Crippen molar-refractivity contribution >= 4 is 17.5 Å². The molecule has 1 saturated carbocycles. The molecule has 134 valence electrons. The second kappa shape index (κ2) is 6.90. The fraction of sp³-hybridized carbons (Fsp3) is 0.333. The van der Waals surface area contributed by atoms with Crippen LogP contribution in [-0.4, -0.2) is 18.4 Å². The first-order valence-corrected chi connectivity index (χ1v) is 9.05. The van der Waals surface area contributed by atoms with Crippen LogP contribution in [0.1, 0.15) is 24.0 Å². The number of hydrogen-bond acceptors (Lipinski definition) is 2. The normalized spacial score (nSPS) is 21.0. The molecule has 1 heterocycles. The number of carbonyl (C=O) groups excluding carboxylic acids is 2. The topological polar surface area (TPSA) is 49.4 Å². The summed E-state index contributed by atoms with van der Waals surface area (Å²) in [6, 6.07) is 14.0. The number of halogens is 1. The van der Waals surface area contributed by atoms with Crippen LogP contribution in [0.3, 0.4) is 0 Å². The highest BCUT2D eigenvalue weighted by molar-refractivity contribution is 6.01. The summed E-state index contributed by atoms with van der Waals surface area (Å²) >= 11 is 0. The molecule has 1 aliphatic carbocycles. The number of carbonyl (C=O) groups is 2. The van der Waals surface area contributed by atoms with Crippen LogP contribution in [0.4, 0.5) is 10.1 Å². The Kier molecular flexibility index (Phi) is 4.45. The van der Waals surface area contributed by atoms with E-state index in [1.54, 1.807) is 12.1 Å². The molecule has 4 nitrogen and oxygen atoms in total. The molecule has 2 amide bonds. The Hall–Kier alpha value is -2.69. The maximum atomic E-state index is 12.9. The van der Waals surface area contributed by atoms with Gasteiger partial charge in [-0.1, -0.05) is 30.3 Å². The van der Waals surface area contributed by atoms with Gasteiger partial charge in [-0.25, -0.2) is 4.39 Å². The second-order valence-corrected chi connectivity index (χ2v) is 7.02. The van der Waals surface area contributed by atoms with Gasteiger partial charge in [-0.05, 0) is 48.6 Å². The van der Waals surface area contributed by atoms with Gasteiger partial charge in [0, 0.05) is 18.8 Å². The van der Waals surface area contributed by atoms with Crippen LogP contribution in [0.25, 0.3) is 0 Å². The number of fused-ring (bicyclic) bond motifs is 1. The molecule has 2 atom stereocenters. The van der Waals surface area contributed by atoms with E-state index in [-0.39, 0.29) is 29.5 Å². The van der Waals surface area contributed by atoms with Crippen molar-refractivity contribution in [1.29, 1.82) is 0 Å². The van der Waals surface area contributed by atoms with Crippen LogP contribution >= 0.6 is 0 Å². The molecule has 5 heteroatoms. The summed E-state index contributed by atoms with van der Waals surface area (Å²) in [5.41, 5.74) is 3.03. The minimum absolute atomic E-state index is 0.0547. The monoisotopic (exact) mass is 352 g/mol. The van der Waals surface area contributed by atoms with Gasteiger partial charge >= 0.3 is 0 Å². The van der Waals surface area contributed by atoms with Crippen LogP contribution in [-0.2, 0) is 22.6 Å². The molecule has 4 rings (SSSR count). The van der Waals surface area contributed by atoms with E-state index in [0.717, 1.165) is 30.6 Å². The van der Waals surface area contributed by atoms with Crippen molar-refractivity contribution < 1.29 is 14.0 Å². The maximum absolute atomic E-state index is 12.9. The van der Waals surface area contributed by atoms with Crippen molar-refractivity contribution in [2.75, 3.05) is 11.4 Å². The van der Waals surface area contributed by atoms with Crippen molar-refractivity contribution in [2.45, 2.75) is 25.8 Å². The number of para-hydroxylation sites is 1. The molecule has 0 radical (unpaired) electrons. The molecule has 2 aromatic carbocycles. The van der Waals surface area contributed by atoms with Crippen LogP contribution in [0, 0.1) is 17.7 Å². The number of aryl methyl sites for hydroxylation is 1. The van der Waals surface area contributed by atoms with Gasteiger partial charge < -0.3 is 10.2 Å². The summed E-state index contributed by atoms with van der Waals surface area (Å²) < 4.78 is 12.9. The number of amides is 2. The fourth-order valence-corrected chi connectivity index (χ4v) is 3.64. The number of hydrogen-bond donors (Lipinski definition) is 1. The van der Waals surface area contributed by atoms with Crippen molar-refractivity contribution in [1.82, 2.24) is 5.32 Å². The molecule has 1 aliphatic heterocycles. The fourth-order valence-electron chi connectivity index (χ4n) is 3.64. The number of anilines is 1. The van der Waals surface area contributed by atoms with Crippen LogP contribution in [0.2, 0.25) is 0 Å². The highest BCUT2D eigenvalue weighted by Gasteiger charge is 2.49. The number of rotatable bonds is 4. The van der Waals surface area contributed by atoms with Crippen LogP contribution in [0.5, 0.6) is 0 Å². The Morgan fingerprint density at radius 2 is 1.85 bits per heavy atom. The summed E-state index contributed by atoms with van der Waals surface area (Å²) in [7, 11) is 0. The predicted molar refractivity (Wildman–Crippen MR) is 97.0 cm³/mol. The first kappa shape index (κ1) is 16.8. The smallest absolute Gasteiger partial charge is 0.230 e. The van der Waals surface area contributed by atoms with Gasteiger partial charge in [-0.2, -0.15) is 0 Å². The first-order chi connectivity index (χ1) is 12.6. The van der Waals surface area contributed by atoms with Gasteiger partial charge in [0.2, 0.25) is 11.8 Å². The van der Waals surface area contributed by atoms with E-state index in [1.807, 2.05) is 23.1 Å². The lowest BCUT2D eigenvalue weighted by Crippen LogP contribution is -2.37. The van der Waals surface area contributed by atoms with Crippen LogP contribution < -0.4 is 10.2 Å². The molecule has 0 aromatic heterocycles. The van der Waals surface area contributed by atoms with E-state index < -0.39 is 0 Å². The van der Waals surface area contributed by atoms with E-state index in [2.05, 4.69) is 11.4 Å². The van der Waals surface area contributed by atoms with Crippen molar-refractivity contribution in [2.24, 2.45) is 11.8 Å². The predicted octanol–water partition coefficient (Wildman–Crippen LogP) is 3.06. The minimum Gasteiger partial charge on any atom is -0.352 e. The molecule has 2 aliphatic rings. The van der Waals surface area contributed by atoms with Gasteiger partial charge in [-0.3, -0.25) is 9.59 Å². The number of nitrogens with zero attached hydrogens (tertiary/aromatic N) is 1. The zero-order valence-electron chi connectivity index (χ0n) is 14.5. The second-order valence-electron chi connectivity index (χ2n) is 7.02. The number of nitrogens with one attached hydrogen (secondary N) is 1. The molecule has 1 N–H and O–H groups in total. The van der Waals surface area contributed by atoms with Gasteiger partial charge in [0.15, 0.2) is 0 Å². The Morgan fingerprint density at radius 3 is 2.65 bits per heavy atom. The van der Waals surface area contributed by atoms with Crippen molar-refractivity contribution in [3.8, 4) is 0 Å². The van der Waals surface area contributed by atoms with E-state index in [1.165, 1.54) is 17.7 Å². The molecular formula is C21H21FN2O2. The molecule has 0 bridgehead atoms. The lowest BCUT2D eigenvalue weighted by molar-refractivity contribution is -0.126. The lowest BCUT2D eigenvalue weighted by Gasteiger charge is -2.29. The third kappa shape index (κ3) is 3.34. The Bertz CT molecular complexity index is 834. The molecule has 0 saturated heterocycles. The summed E-state index contributed by atoms with van der Waals surface area (Å²) in [6.07, 6.45) is 2.55. The highest BCUT2D eigenvalue weighted by Crippen LogP contribution is 2.42. The minimum atomic E-state index is -0.297. The molecule has 2 aromatic rings. The quantitative estimate of drug-likeness (QED) is 0.919. The standard InChI is InChI=1S/C21H21FN2O2/c22-16-9-7-14(8-10-16)13-23-20(25)17-12-18(17)21(26)24-11-3-5-15-4-1-2-6-19(15)24/h1-2,4,6-10,17-18H,3,5,11-13H2,(H,23,25). The zero-order chi connectivity index (χ0) is 18.1. The molecule has 1 fully saturated rings. The maximum Gasteiger partial charge on any atom is 0.230 e. The average Bonchev–Trinajstić information content (AvgIpc) is 3.47. The van der Waals surface area contributed by atoms with E-state index in [0.29, 0.717) is 13.0 Å². The molecular weight excluding hydrogens is 331 g/mol. The molecule has 0 spiro atoms. The van der Waals surface area contributed by atoms with E-state index in [9.17, 15) is 14.0 Å². The molecule has 2 unspecified atom stereocenters. The average molecular weight is 352 g/mol. The Labute approximate surface area is 152 Å². The highest BCUT2D eigenvalue weighted by atomic mass is 19.1. The number of benzene rings is 2. The van der Waals surface area contributed by atoms with Gasteiger partial charge in [0.25, 0.3) is 0 Å². The van der Waals surface area contributed by atoms with Crippen molar-refractivity contribution in [3.63, 3.8) is 0 Å². The van der Waals surface area contributed by atoms with E-state index >= 15 is 0 Å². The van der Waals surface area contributed by atoms with Gasteiger partial charge in [-0.15, -0.1) is 0 Å².